The van der Waals surface area contributed by atoms with Crippen LogP contribution in [0.4, 0.5) is 5.69 Å². The predicted octanol–water partition coefficient (Wildman–Crippen LogP) is 2.19. The zero-order valence-corrected chi connectivity index (χ0v) is 11.7. The van der Waals surface area contributed by atoms with Crippen molar-refractivity contribution in [2.24, 2.45) is 0 Å². The van der Waals surface area contributed by atoms with Gasteiger partial charge in [-0.25, -0.2) is 0 Å². The number of fused-ring (bicyclic) bond motifs is 1. The van der Waals surface area contributed by atoms with E-state index in [1.807, 2.05) is 24.3 Å². The normalized spacial score (nSPS) is 15.0. The second-order valence-electron chi connectivity index (χ2n) is 5.18. The summed E-state index contributed by atoms with van der Waals surface area (Å²) >= 11 is 0. The van der Waals surface area contributed by atoms with E-state index in [0.717, 1.165) is 30.2 Å². The van der Waals surface area contributed by atoms with E-state index < -0.39 is 11.8 Å². The van der Waals surface area contributed by atoms with Crippen molar-refractivity contribution in [2.45, 2.75) is 19.3 Å². The Morgan fingerprint density at radius 2 is 1.86 bits per heavy atom. The number of nitrogens with one attached hydrogen (secondary N) is 1. The minimum Gasteiger partial charge on any atom is -0.334 e. The Bertz CT molecular complexity index is 673. The highest BCUT2D eigenvalue weighted by Gasteiger charge is 2.23. The summed E-state index contributed by atoms with van der Waals surface area (Å²) in [6.07, 6.45) is 4.77. The number of hydrogen-bond acceptors (Lipinski definition) is 3. The first-order valence-electron chi connectivity index (χ1n) is 7.20. The highest BCUT2D eigenvalue weighted by Crippen LogP contribution is 2.21. The summed E-state index contributed by atoms with van der Waals surface area (Å²) in [5, 5.41) is 3.54. The summed E-state index contributed by atoms with van der Waals surface area (Å²) in [6.45, 7) is 1.34. The first kappa shape index (κ1) is 13.5. The molecule has 1 aliphatic heterocycles. The number of hydrogen-bond donors (Lipinski definition) is 1. The summed E-state index contributed by atoms with van der Waals surface area (Å²) in [7, 11) is 0. The van der Waals surface area contributed by atoms with E-state index in [9.17, 15) is 9.59 Å². The van der Waals surface area contributed by atoms with Gasteiger partial charge in [0, 0.05) is 24.7 Å². The number of aromatic nitrogens is 1. The fraction of sp³-hybridized carbons (Fsp3) is 0.312. The molecule has 0 aliphatic carbocycles. The molecule has 0 atom stereocenters. The van der Waals surface area contributed by atoms with Gasteiger partial charge >= 0.3 is 11.8 Å². The van der Waals surface area contributed by atoms with E-state index in [4.69, 9.17) is 0 Å². The summed E-state index contributed by atoms with van der Waals surface area (Å²) in [5.41, 5.74) is 1.41. The number of amides is 2. The Kier molecular flexibility index (Phi) is 3.81. The van der Waals surface area contributed by atoms with Crippen LogP contribution in [-0.4, -0.2) is 34.8 Å². The third-order valence-electron chi connectivity index (χ3n) is 3.73. The molecule has 0 bridgehead atoms. The number of carbonyl (C=O) groups excluding carboxylic acids is 2. The second kappa shape index (κ2) is 5.91. The summed E-state index contributed by atoms with van der Waals surface area (Å²) in [6, 6.07) is 9.16. The van der Waals surface area contributed by atoms with Crippen molar-refractivity contribution in [1.29, 1.82) is 0 Å². The highest BCUT2D eigenvalue weighted by molar-refractivity contribution is 6.40. The molecule has 1 saturated heterocycles. The molecule has 5 heteroatoms. The van der Waals surface area contributed by atoms with Gasteiger partial charge in [0.2, 0.25) is 0 Å². The molecule has 2 heterocycles. The molecule has 5 nitrogen and oxygen atoms in total. The topological polar surface area (TPSA) is 62.3 Å². The molecule has 108 valence electrons. The van der Waals surface area contributed by atoms with Crippen LogP contribution in [-0.2, 0) is 9.59 Å². The molecular weight excluding hydrogens is 266 g/mol. The first-order valence-corrected chi connectivity index (χ1v) is 7.20. The van der Waals surface area contributed by atoms with Crippen LogP contribution < -0.4 is 5.32 Å². The Hall–Kier alpha value is -2.43. The number of nitrogens with zero attached hydrogens (tertiary/aromatic N) is 2. The van der Waals surface area contributed by atoms with Crippen LogP contribution in [0.15, 0.2) is 36.5 Å². The Morgan fingerprint density at radius 3 is 2.67 bits per heavy atom. The van der Waals surface area contributed by atoms with Crippen LogP contribution in [0.3, 0.4) is 0 Å². The maximum absolute atomic E-state index is 12.1. The number of carbonyl (C=O) groups is 2. The number of rotatable bonds is 1. The third kappa shape index (κ3) is 2.86. The molecule has 2 aromatic rings. The van der Waals surface area contributed by atoms with Crippen LogP contribution in [0.5, 0.6) is 0 Å². The predicted molar refractivity (Wildman–Crippen MR) is 80.8 cm³/mol. The maximum atomic E-state index is 12.1. The van der Waals surface area contributed by atoms with Crippen molar-refractivity contribution < 1.29 is 9.59 Å². The van der Waals surface area contributed by atoms with Crippen LogP contribution in [0, 0.1) is 0 Å². The Labute approximate surface area is 123 Å². The number of likely N-dealkylation sites (tertiary alicyclic amines) is 1. The molecule has 0 unspecified atom stereocenters. The summed E-state index contributed by atoms with van der Waals surface area (Å²) in [5.74, 6) is -1.02. The van der Waals surface area contributed by atoms with E-state index in [1.54, 1.807) is 17.2 Å². The molecule has 0 radical (unpaired) electrons. The van der Waals surface area contributed by atoms with Gasteiger partial charge in [0.25, 0.3) is 0 Å². The van der Waals surface area contributed by atoms with E-state index >= 15 is 0 Å². The van der Waals surface area contributed by atoms with Gasteiger partial charge in [-0.1, -0.05) is 6.07 Å². The molecular formula is C16H17N3O2. The van der Waals surface area contributed by atoms with Gasteiger partial charge in [-0.2, -0.15) is 0 Å². The van der Waals surface area contributed by atoms with Crippen molar-refractivity contribution in [3.05, 3.63) is 36.5 Å². The molecule has 1 aromatic heterocycles. The number of pyridine rings is 1. The van der Waals surface area contributed by atoms with Crippen molar-refractivity contribution in [1.82, 2.24) is 9.88 Å². The van der Waals surface area contributed by atoms with Gasteiger partial charge in [-0.3, -0.25) is 14.6 Å². The van der Waals surface area contributed by atoms with Crippen LogP contribution >= 0.6 is 0 Å². The lowest BCUT2D eigenvalue weighted by Gasteiger charge is -2.25. The fourth-order valence-corrected chi connectivity index (χ4v) is 2.63. The molecule has 1 fully saturated rings. The standard InChI is InChI=1S/C16H17N3O2/c20-15(16(21)19-10-2-1-3-11-19)18-14-8-4-7-13-12(14)6-5-9-17-13/h4-9H,1-3,10-11H2,(H,18,20). The van der Waals surface area contributed by atoms with Gasteiger partial charge in [0.1, 0.15) is 0 Å². The molecule has 1 aliphatic rings. The van der Waals surface area contributed by atoms with Gasteiger partial charge < -0.3 is 10.2 Å². The van der Waals surface area contributed by atoms with Gasteiger partial charge in [0.15, 0.2) is 0 Å². The average Bonchev–Trinajstić information content (AvgIpc) is 2.55. The third-order valence-corrected chi connectivity index (χ3v) is 3.73. The SMILES string of the molecule is O=C(Nc1cccc2ncccc12)C(=O)N1CCCCC1. The van der Waals surface area contributed by atoms with E-state index in [0.29, 0.717) is 18.8 Å². The lowest BCUT2D eigenvalue weighted by Crippen LogP contribution is -2.42. The largest absolute Gasteiger partial charge is 0.334 e. The highest BCUT2D eigenvalue weighted by atomic mass is 16.2. The Morgan fingerprint density at radius 1 is 1.05 bits per heavy atom. The minimum atomic E-state index is -0.576. The summed E-state index contributed by atoms with van der Waals surface area (Å²) in [4.78, 5) is 30.1. The van der Waals surface area contributed by atoms with Crippen LogP contribution in [0.25, 0.3) is 10.9 Å². The monoisotopic (exact) mass is 283 g/mol. The molecule has 2 amide bonds. The quantitative estimate of drug-likeness (QED) is 0.816. The minimum absolute atomic E-state index is 0.449. The molecule has 21 heavy (non-hydrogen) atoms. The second-order valence-corrected chi connectivity index (χ2v) is 5.18. The lowest BCUT2D eigenvalue weighted by molar-refractivity contribution is -0.143. The Balaban J connectivity index is 1.78. The lowest BCUT2D eigenvalue weighted by atomic mass is 10.1. The smallest absolute Gasteiger partial charge is 0.313 e. The van der Waals surface area contributed by atoms with Gasteiger partial charge in [0.05, 0.1) is 11.2 Å². The average molecular weight is 283 g/mol. The van der Waals surface area contributed by atoms with Crippen LogP contribution in [0.1, 0.15) is 19.3 Å². The van der Waals surface area contributed by atoms with Crippen molar-refractivity contribution in [3.63, 3.8) is 0 Å². The number of benzene rings is 1. The summed E-state index contributed by atoms with van der Waals surface area (Å²) < 4.78 is 0. The molecule has 1 aromatic carbocycles. The van der Waals surface area contributed by atoms with Gasteiger partial charge in [-0.05, 0) is 43.5 Å². The van der Waals surface area contributed by atoms with E-state index in [2.05, 4.69) is 10.3 Å². The zero-order valence-electron chi connectivity index (χ0n) is 11.7. The number of anilines is 1. The van der Waals surface area contributed by atoms with E-state index in [-0.39, 0.29) is 0 Å². The maximum Gasteiger partial charge on any atom is 0.313 e. The fourth-order valence-electron chi connectivity index (χ4n) is 2.63. The van der Waals surface area contributed by atoms with Crippen molar-refractivity contribution >= 4 is 28.4 Å². The van der Waals surface area contributed by atoms with Crippen molar-refractivity contribution in [3.8, 4) is 0 Å². The first-order chi connectivity index (χ1) is 10.3. The molecule has 3 rings (SSSR count). The molecule has 0 spiro atoms. The van der Waals surface area contributed by atoms with Crippen molar-refractivity contribution in [2.75, 3.05) is 18.4 Å². The zero-order chi connectivity index (χ0) is 14.7. The van der Waals surface area contributed by atoms with E-state index in [1.165, 1.54) is 0 Å². The van der Waals surface area contributed by atoms with Gasteiger partial charge in [-0.15, -0.1) is 0 Å². The molecule has 0 saturated carbocycles. The number of piperidine rings is 1. The van der Waals surface area contributed by atoms with Crippen LogP contribution in [0.2, 0.25) is 0 Å². The molecule has 1 N–H and O–H groups in total.